The molecule has 32 heavy (non-hydrogen) atoms. The van der Waals surface area contributed by atoms with Crippen molar-refractivity contribution < 1.29 is 9.18 Å². The molecule has 0 unspecified atom stereocenters. The summed E-state index contributed by atoms with van der Waals surface area (Å²) in [5.41, 5.74) is 11.5. The Morgan fingerprint density at radius 2 is 1.88 bits per heavy atom. The quantitative estimate of drug-likeness (QED) is 0.415. The number of benzene rings is 2. The van der Waals surface area contributed by atoms with Crippen LogP contribution >= 0.6 is 0 Å². The van der Waals surface area contributed by atoms with Crippen LogP contribution in [0, 0.1) is 12.7 Å². The number of anilines is 3. The Morgan fingerprint density at radius 3 is 2.59 bits per heavy atom. The summed E-state index contributed by atoms with van der Waals surface area (Å²) in [6.07, 6.45) is 2.29. The smallest absolute Gasteiger partial charge is 0.323 e. The molecule has 1 aliphatic rings. The molecule has 1 saturated carbocycles. The molecule has 0 radical (unpaired) electrons. The third-order valence-electron chi connectivity index (χ3n) is 5.66. The molecule has 0 bridgehead atoms. The van der Waals surface area contributed by atoms with Gasteiger partial charge in [-0.3, -0.25) is 0 Å². The first kappa shape index (κ1) is 20.0. The van der Waals surface area contributed by atoms with Crippen LogP contribution in [-0.2, 0) is 7.05 Å². The molecule has 1 aliphatic carbocycles. The first-order valence-corrected chi connectivity index (χ1v) is 10.5. The van der Waals surface area contributed by atoms with Gasteiger partial charge in [0.25, 0.3) is 0 Å². The van der Waals surface area contributed by atoms with E-state index >= 15 is 0 Å². The lowest BCUT2D eigenvalue weighted by atomic mass is 10.0. The summed E-state index contributed by atoms with van der Waals surface area (Å²) >= 11 is 0. The molecule has 0 saturated heterocycles. The molecule has 162 valence electrons. The number of carbonyl (C=O) groups is 1. The molecule has 2 aromatic heterocycles. The number of nitrogen functional groups attached to an aromatic ring is 1. The average molecular weight is 430 g/mol. The summed E-state index contributed by atoms with van der Waals surface area (Å²) in [5.74, 6) is 0.443. The van der Waals surface area contributed by atoms with Crippen molar-refractivity contribution >= 4 is 34.3 Å². The molecule has 2 amide bonds. The molecular formula is C24H23FN6O. The number of amides is 2. The number of carbonyl (C=O) groups excluding carboxylic acids is 1. The zero-order valence-electron chi connectivity index (χ0n) is 17.8. The summed E-state index contributed by atoms with van der Waals surface area (Å²) in [4.78, 5) is 17.1. The predicted molar refractivity (Wildman–Crippen MR) is 124 cm³/mol. The lowest BCUT2D eigenvalue weighted by Crippen LogP contribution is -2.20. The van der Waals surface area contributed by atoms with Gasteiger partial charge in [-0.15, -0.1) is 0 Å². The maximum absolute atomic E-state index is 13.9. The molecule has 5 rings (SSSR count). The maximum atomic E-state index is 13.9. The van der Waals surface area contributed by atoms with Gasteiger partial charge in [0, 0.05) is 24.3 Å². The van der Waals surface area contributed by atoms with Crippen LogP contribution in [0.5, 0.6) is 0 Å². The van der Waals surface area contributed by atoms with E-state index in [0.29, 0.717) is 17.4 Å². The number of urea groups is 1. The summed E-state index contributed by atoms with van der Waals surface area (Å²) in [6, 6.07) is 13.6. The van der Waals surface area contributed by atoms with Crippen molar-refractivity contribution in [2.75, 3.05) is 16.4 Å². The number of hydrogen-bond donors (Lipinski definition) is 3. The van der Waals surface area contributed by atoms with Gasteiger partial charge in [0.1, 0.15) is 5.82 Å². The monoisotopic (exact) mass is 430 g/mol. The first-order valence-electron chi connectivity index (χ1n) is 10.5. The van der Waals surface area contributed by atoms with E-state index in [1.165, 1.54) is 6.07 Å². The van der Waals surface area contributed by atoms with E-state index < -0.39 is 11.8 Å². The van der Waals surface area contributed by atoms with Crippen molar-refractivity contribution in [1.29, 1.82) is 0 Å². The summed E-state index contributed by atoms with van der Waals surface area (Å²) < 4.78 is 15.6. The highest BCUT2D eigenvalue weighted by atomic mass is 19.1. The Kier molecular flexibility index (Phi) is 4.77. The molecule has 8 heteroatoms. The first-order chi connectivity index (χ1) is 15.4. The van der Waals surface area contributed by atoms with Crippen LogP contribution in [0.15, 0.2) is 48.5 Å². The highest BCUT2D eigenvalue weighted by Gasteiger charge is 2.27. The van der Waals surface area contributed by atoms with Crippen LogP contribution in [0.4, 0.5) is 26.4 Å². The van der Waals surface area contributed by atoms with Crippen LogP contribution in [0.25, 0.3) is 22.2 Å². The van der Waals surface area contributed by atoms with Crippen molar-refractivity contribution in [3.8, 4) is 11.1 Å². The van der Waals surface area contributed by atoms with E-state index in [2.05, 4.69) is 21.8 Å². The van der Waals surface area contributed by atoms with E-state index in [-0.39, 0.29) is 5.69 Å². The normalized spacial score (nSPS) is 13.3. The van der Waals surface area contributed by atoms with E-state index in [4.69, 9.17) is 10.7 Å². The molecule has 2 aromatic carbocycles. The van der Waals surface area contributed by atoms with Gasteiger partial charge < -0.3 is 16.4 Å². The molecule has 0 aliphatic heterocycles. The molecule has 7 nitrogen and oxygen atoms in total. The zero-order chi connectivity index (χ0) is 22.4. The fraction of sp³-hybridized carbons (Fsp3) is 0.208. The van der Waals surface area contributed by atoms with Crippen LogP contribution in [0.1, 0.15) is 30.0 Å². The third-order valence-corrected chi connectivity index (χ3v) is 5.66. The van der Waals surface area contributed by atoms with E-state index in [1.807, 2.05) is 26.1 Å². The Morgan fingerprint density at radius 1 is 1.12 bits per heavy atom. The Balaban J connectivity index is 1.41. The minimum Gasteiger partial charge on any atom is -0.382 e. The minimum atomic E-state index is -0.513. The van der Waals surface area contributed by atoms with Gasteiger partial charge in [0.15, 0.2) is 11.5 Å². The van der Waals surface area contributed by atoms with Gasteiger partial charge in [0.2, 0.25) is 0 Å². The second kappa shape index (κ2) is 7.64. The average Bonchev–Trinajstić information content (AvgIpc) is 3.57. The maximum Gasteiger partial charge on any atom is 0.323 e. The van der Waals surface area contributed by atoms with Gasteiger partial charge in [-0.1, -0.05) is 18.2 Å². The van der Waals surface area contributed by atoms with Crippen molar-refractivity contribution in [3.63, 3.8) is 0 Å². The Hall–Kier alpha value is -3.94. The fourth-order valence-corrected chi connectivity index (χ4v) is 3.87. The van der Waals surface area contributed by atoms with Crippen LogP contribution < -0.4 is 16.4 Å². The van der Waals surface area contributed by atoms with Gasteiger partial charge in [-0.05, 0) is 66.8 Å². The highest BCUT2D eigenvalue weighted by Crippen LogP contribution is 2.42. The molecule has 1 fully saturated rings. The highest BCUT2D eigenvalue weighted by molar-refractivity contribution is 6.02. The van der Waals surface area contributed by atoms with Gasteiger partial charge in [-0.2, -0.15) is 5.10 Å². The molecule has 4 N–H and O–H groups in total. The van der Waals surface area contributed by atoms with Crippen molar-refractivity contribution in [1.82, 2.24) is 14.8 Å². The van der Waals surface area contributed by atoms with E-state index in [1.54, 1.807) is 28.9 Å². The lowest BCUT2D eigenvalue weighted by molar-refractivity contribution is 0.262. The second-order valence-corrected chi connectivity index (χ2v) is 8.22. The topological polar surface area (TPSA) is 97.9 Å². The van der Waals surface area contributed by atoms with Crippen LogP contribution in [-0.4, -0.2) is 20.8 Å². The summed E-state index contributed by atoms with van der Waals surface area (Å²) in [5, 5.41) is 10.5. The third kappa shape index (κ3) is 3.75. The number of nitrogens with zero attached hydrogens (tertiary/aromatic N) is 3. The Bertz CT molecular complexity index is 1340. The molecular weight excluding hydrogens is 407 g/mol. The summed E-state index contributed by atoms with van der Waals surface area (Å²) in [7, 11) is 1.84. The standard InChI is InChI=1S/C24H23FN6O/c1-13-3-10-18(25)20(11-13)29-24(32)27-16-8-6-14(7-9-16)17-12-19(15-4-5-15)28-23-21(17)22(26)30-31(23)2/h3,6-12,15H,4-5H2,1-2H3,(H2,26,30)(H2,27,29,32). The van der Waals surface area contributed by atoms with Gasteiger partial charge >= 0.3 is 6.03 Å². The number of fused-ring (bicyclic) bond motifs is 1. The number of aryl methyl sites for hydroxylation is 2. The number of halogens is 1. The van der Waals surface area contributed by atoms with Crippen LogP contribution in [0.2, 0.25) is 0 Å². The number of rotatable bonds is 4. The number of aromatic nitrogens is 3. The van der Waals surface area contributed by atoms with Gasteiger partial charge in [0.05, 0.1) is 11.1 Å². The SMILES string of the molecule is Cc1ccc(F)c(NC(=O)Nc2ccc(-c3cc(C4CC4)nc4c3c(N)nn4C)cc2)c1. The zero-order valence-corrected chi connectivity index (χ0v) is 17.8. The number of pyridine rings is 1. The summed E-state index contributed by atoms with van der Waals surface area (Å²) in [6.45, 7) is 1.83. The van der Waals surface area contributed by atoms with Crippen molar-refractivity contribution in [2.45, 2.75) is 25.7 Å². The van der Waals surface area contributed by atoms with Crippen molar-refractivity contribution in [3.05, 3.63) is 65.6 Å². The number of nitrogens with two attached hydrogens (primary N) is 1. The molecule has 0 spiro atoms. The van der Waals surface area contributed by atoms with Crippen LogP contribution in [0.3, 0.4) is 0 Å². The van der Waals surface area contributed by atoms with Crippen molar-refractivity contribution in [2.24, 2.45) is 7.05 Å². The number of hydrogen-bond acceptors (Lipinski definition) is 4. The second-order valence-electron chi connectivity index (χ2n) is 8.22. The molecule has 2 heterocycles. The number of nitrogens with one attached hydrogen (secondary N) is 2. The van der Waals surface area contributed by atoms with E-state index in [9.17, 15) is 9.18 Å². The van der Waals surface area contributed by atoms with E-state index in [0.717, 1.165) is 46.3 Å². The largest absolute Gasteiger partial charge is 0.382 e. The Labute approximate surface area is 184 Å². The minimum absolute atomic E-state index is 0.137. The molecule has 4 aromatic rings. The van der Waals surface area contributed by atoms with Gasteiger partial charge in [-0.25, -0.2) is 18.9 Å². The molecule has 0 atom stereocenters. The predicted octanol–water partition coefficient (Wildman–Crippen LogP) is 5.19. The lowest BCUT2D eigenvalue weighted by Gasteiger charge is -2.11. The fourth-order valence-electron chi connectivity index (χ4n) is 3.87.